The highest BCUT2D eigenvalue weighted by Crippen LogP contribution is 2.31. The van der Waals surface area contributed by atoms with Crippen molar-refractivity contribution in [3.05, 3.63) is 28.5 Å². The molecule has 17 heavy (non-hydrogen) atoms. The van der Waals surface area contributed by atoms with Gasteiger partial charge in [0.1, 0.15) is 5.82 Å². The van der Waals surface area contributed by atoms with Crippen molar-refractivity contribution >= 4 is 21.6 Å². The molecule has 0 spiro atoms. The second kappa shape index (κ2) is 4.94. The molecule has 94 valence electrons. The smallest absolute Gasteiger partial charge is 0.147 e. The third-order valence-corrected chi connectivity index (χ3v) is 4.34. The van der Waals surface area contributed by atoms with E-state index in [0.717, 1.165) is 17.4 Å². The highest BCUT2D eigenvalue weighted by Gasteiger charge is 2.31. The van der Waals surface area contributed by atoms with E-state index >= 15 is 0 Å². The van der Waals surface area contributed by atoms with Crippen LogP contribution in [0.1, 0.15) is 20.3 Å². The van der Waals surface area contributed by atoms with Gasteiger partial charge in [-0.15, -0.1) is 0 Å². The van der Waals surface area contributed by atoms with Gasteiger partial charge in [-0.25, -0.2) is 4.39 Å². The largest absolute Gasteiger partial charge is 0.366 e. The Bertz CT molecular complexity index is 410. The molecular weight excluding hydrogens is 283 g/mol. The van der Waals surface area contributed by atoms with Crippen molar-refractivity contribution < 1.29 is 4.39 Å². The van der Waals surface area contributed by atoms with Gasteiger partial charge in [0.2, 0.25) is 0 Å². The van der Waals surface area contributed by atoms with E-state index in [4.69, 9.17) is 5.73 Å². The van der Waals surface area contributed by atoms with Crippen LogP contribution in [-0.2, 0) is 0 Å². The van der Waals surface area contributed by atoms with E-state index in [1.165, 1.54) is 6.07 Å². The Morgan fingerprint density at radius 2 is 2.12 bits per heavy atom. The van der Waals surface area contributed by atoms with Gasteiger partial charge in [-0.2, -0.15) is 0 Å². The number of nitrogens with two attached hydrogens (primary N) is 1. The number of nitrogens with zero attached hydrogens (tertiary/aromatic N) is 1. The zero-order valence-corrected chi connectivity index (χ0v) is 11.7. The predicted octanol–water partition coefficient (Wildman–Crippen LogP) is 3.15. The molecule has 1 aliphatic heterocycles. The van der Waals surface area contributed by atoms with Gasteiger partial charge in [0.15, 0.2) is 0 Å². The third kappa shape index (κ3) is 2.47. The Labute approximate surface area is 110 Å². The van der Waals surface area contributed by atoms with E-state index in [0.29, 0.717) is 11.6 Å². The third-order valence-electron chi connectivity index (χ3n) is 3.85. The summed E-state index contributed by atoms with van der Waals surface area (Å²) in [7, 11) is 0. The van der Waals surface area contributed by atoms with Crippen molar-refractivity contribution in [2.75, 3.05) is 11.4 Å². The second-order valence-electron chi connectivity index (χ2n) is 4.84. The SMILES string of the molecule is CC1C(N)CCN(c2ccc(Br)cc2F)C1C. The van der Waals surface area contributed by atoms with Crippen LogP contribution in [0, 0.1) is 11.7 Å². The molecule has 1 fully saturated rings. The Kier molecular flexibility index (Phi) is 3.73. The topological polar surface area (TPSA) is 29.3 Å². The lowest BCUT2D eigenvalue weighted by molar-refractivity contribution is 0.313. The summed E-state index contributed by atoms with van der Waals surface area (Å²) in [6.45, 7) is 5.08. The highest BCUT2D eigenvalue weighted by molar-refractivity contribution is 9.10. The minimum Gasteiger partial charge on any atom is -0.366 e. The van der Waals surface area contributed by atoms with Gasteiger partial charge < -0.3 is 10.6 Å². The van der Waals surface area contributed by atoms with Gasteiger partial charge in [0, 0.05) is 23.1 Å². The summed E-state index contributed by atoms with van der Waals surface area (Å²) in [5.41, 5.74) is 6.72. The van der Waals surface area contributed by atoms with Crippen LogP contribution in [0.15, 0.2) is 22.7 Å². The van der Waals surface area contributed by atoms with Crippen LogP contribution in [-0.4, -0.2) is 18.6 Å². The number of anilines is 1. The van der Waals surface area contributed by atoms with Crippen LogP contribution in [0.4, 0.5) is 10.1 Å². The monoisotopic (exact) mass is 300 g/mol. The standard InChI is InChI=1S/C13H18BrFN2/c1-8-9(2)17(6-5-12(8)16)13-4-3-10(14)7-11(13)15/h3-4,7-9,12H,5-6,16H2,1-2H3. The fourth-order valence-electron chi connectivity index (χ4n) is 2.45. The van der Waals surface area contributed by atoms with Crippen LogP contribution < -0.4 is 10.6 Å². The molecule has 2 N–H and O–H groups in total. The molecule has 4 heteroatoms. The van der Waals surface area contributed by atoms with E-state index in [9.17, 15) is 4.39 Å². The normalized spacial score (nSPS) is 29.5. The van der Waals surface area contributed by atoms with E-state index in [1.54, 1.807) is 0 Å². The number of hydrogen-bond acceptors (Lipinski definition) is 2. The number of halogens is 2. The number of rotatable bonds is 1. The van der Waals surface area contributed by atoms with Gasteiger partial charge in [-0.3, -0.25) is 0 Å². The number of benzene rings is 1. The lowest BCUT2D eigenvalue weighted by atomic mass is 9.87. The van der Waals surface area contributed by atoms with Gasteiger partial charge in [0.25, 0.3) is 0 Å². The minimum absolute atomic E-state index is 0.172. The lowest BCUT2D eigenvalue weighted by Crippen LogP contribution is -2.52. The predicted molar refractivity (Wildman–Crippen MR) is 72.7 cm³/mol. The van der Waals surface area contributed by atoms with E-state index in [2.05, 4.69) is 34.7 Å². The highest BCUT2D eigenvalue weighted by atomic mass is 79.9. The summed E-state index contributed by atoms with van der Waals surface area (Å²) in [5.74, 6) is 0.209. The lowest BCUT2D eigenvalue weighted by Gasteiger charge is -2.42. The van der Waals surface area contributed by atoms with Gasteiger partial charge in [-0.1, -0.05) is 22.9 Å². The second-order valence-corrected chi connectivity index (χ2v) is 5.76. The van der Waals surface area contributed by atoms with Crippen molar-refractivity contribution in [3.63, 3.8) is 0 Å². The molecule has 1 saturated heterocycles. The molecule has 0 bridgehead atoms. The molecule has 2 rings (SSSR count). The fourth-order valence-corrected chi connectivity index (χ4v) is 2.78. The van der Waals surface area contributed by atoms with Crippen molar-refractivity contribution in [2.24, 2.45) is 11.7 Å². The van der Waals surface area contributed by atoms with E-state index in [-0.39, 0.29) is 17.9 Å². The van der Waals surface area contributed by atoms with Gasteiger partial charge >= 0.3 is 0 Å². The minimum atomic E-state index is -0.172. The van der Waals surface area contributed by atoms with Crippen molar-refractivity contribution in [1.82, 2.24) is 0 Å². The summed E-state index contributed by atoms with van der Waals surface area (Å²) >= 11 is 3.28. The van der Waals surface area contributed by atoms with Gasteiger partial charge in [-0.05, 0) is 37.5 Å². The maximum atomic E-state index is 13.9. The van der Waals surface area contributed by atoms with Crippen LogP contribution in [0.2, 0.25) is 0 Å². The first-order valence-corrected chi connectivity index (χ1v) is 6.77. The Balaban J connectivity index is 2.28. The van der Waals surface area contributed by atoms with Crippen molar-refractivity contribution in [3.8, 4) is 0 Å². The molecule has 0 saturated carbocycles. The Morgan fingerprint density at radius 1 is 1.41 bits per heavy atom. The first kappa shape index (κ1) is 12.8. The molecular formula is C13H18BrFN2. The molecule has 1 heterocycles. The molecule has 3 atom stereocenters. The summed E-state index contributed by atoms with van der Waals surface area (Å²) < 4.78 is 14.7. The Morgan fingerprint density at radius 3 is 2.76 bits per heavy atom. The van der Waals surface area contributed by atoms with Crippen LogP contribution >= 0.6 is 15.9 Å². The van der Waals surface area contributed by atoms with Crippen molar-refractivity contribution in [2.45, 2.75) is 32.4 Å². The fraction of sp³-hybridized carbons (Fsp3) is 0.538. The maximum absolute atomic E-state index is 13.9. The molecule has 0 aliphatic carbocycles. The molecule has 0 aromatic heterocycles. The summed E-state index contributed by atoms with van der Waals surface area (Å²) in [5, 5.41) is 0. The summed E-state index contributed by atoms with van der Waals surface area (Å²) in [4.78, 5) is 2.12. The molecule has 3 unspecified atom stereocenters. The first-order valence-electron chi connectivity index (χ1n) is 5.98. The number of hydrogen-bond donors (Lipinski definition) is 1. The molecule has 0 radical (unpaired) electrons. The molecule has 1 aromatic rings. The molecule has 0 amide bonds. The summed E-state index contributed by atoms with van der Waals surface area (Å²) in [6, 6.07) is 5.72. The zero-order valence-electron chi connectivity index (χ0n) is 10.2. The van der Waals surface area contributed by atoms with Crippen LogP contribution in [0.3, 0.4) is 0 Å². The molecule has 2 nitrogen and oxygen atoms in total. The molecule has 1 aromatic carbocycles. The zero-order chi connectivity index (χ0) is 12.6. The van der Waals surface area contributed by atoms with E-state index in [1.807, 2.05) is 12.1 Å². The first-order chi connectivity index (χ1) is 8.00. The number of piperidine rings is 1. The van der Waals surface area contributed by atoms with E-state index < -0.39 is 0 Å². The van der Waals surface area contributed by atoms with Crippen molar-refractivity contribution in [1.29, 1.82) is 0 Å². The Hall–Kier alpha value is -0.610. The maximum Gasteiger partial charge on any atom is 0.147 e. The average molecular weight is 301 g/mol. The summed E-state index contributed by atoms with van der Waals surface area (Å²) in [6.07, 6.45) is 0.918. The quantitative estimate of drug-likeness (QED) is 0.863. The van der Waals surface area contributed by atoms with Crippen LogP contribution in [0.25, 0.3) is 0 Å². The van der Waals surface area contributed by atoms with Crippen LogP contribution in [0.5, 0.6) is 0 Å². The van der Waals surface area contributed by atoms with Gasteiger partial charge in [0.05, 0.1) is 5.69 Å². The average Bonchev–Trinajstić information content (AvgIpc) is 2.28. The molecule has 1 aliphatic rings.